The Morgan fingerprint density at radius 2 is 2.24 bits per heavy atom. The molecule has 0 bridgehead atoms. The summed E-state index contributed by atoms with van der Waals surface area (Å²) in [6.07, 6.45) is 1.14. The highest BCUT2D eigenvalue weighted by Crippen LogP contribution is 2.30. The molecule has 0 aliphatic heterocycles. The lowest BCUT2D eigenvalue weighted by atomic mass is 10.0. The molecule has 1 unspecified atom stereocenters. The van der Waals surface area contributed by atoms with Crippen LogP contribution in [0, 0.1) is 0 Å². The van der Waals surface area contributed by atoms with Gasteiger partial charge in [0.2, 0.25) is 0 Å². The van der Waals surface area contributed by atoms with E-state index >= 15 is 0 Å². The molecule has 2 aromatic rings. The number of thiazole rings is 1. The monoisotopic (exact) mass is 367 g/mol. The van der Waals surface area contributed by atoms with Crippen LogP contribution in [0.15, 0.2) is 33.6 Å². The zero-order chi connectivity index (χ0) is 15.2. The minimum Gasteiger partial charge on any atom is -0.368 e. The Kier molecular flexibility index (Phi) is 6.21. The summed E-state index contributed by atoms with van der Waals surface area (Å²) in [5.41, 5.74) is 5.57. The Bertz CT molecular complexity index is 557. The van der Waals surface area contributed by atoms with Crippen LogP contribution in [0.5, 0.6) is 0 Å². The van der Waals surface area contributed by atoms with E-state index in [1.807, 2.05) is 5.51 Å². The third-order valence-corrected chi connectivity index (χ3v) is 4.58. The third-order valence-electron chi connectivity index (χ3n) is 3.45. The van der Waals surface area contributed by atoms with E-state index in [1.54, 1.807) is 11.3 Å². The molecular formula is C16H22BrN3S. The van der Waals surface area contributed by atoms with Crippen molar-refractivity contribution in [1.82, 2.24) is 10.3 Å². The summed E-state index contributed by atoms with van der Waals surface area (Å²) < 4.78 is 1.11. The molecule has 0 radical (unpaired) electrons. The first kappa shape index (κ1) is 16.5. The van der Waals surface area contributed by atoms with Crippen LogP contribution in [0.2, 0.25) is 0 Å². The van der Waals surface area contributed by atoms with Gasteiger partial charge in [-0.1, -0.05) is 28.9 Å². The second kappa shape index (κ2) is 7.92. The fourth-order valence-electron chi connectivity index (χ4n) is 2.33. The smallest absolute Gasteiger partial charge is 0.0795 e. The summed E-state index contributed by atoms with van der Waals surface area (Å²) in [5, 5.41) is 5.67. The molecule has 1 heterocycles. The SMILES string of the molecule is CCCNC(C)c1ccc(Br)cc1N(C)Cc1cscn1. The molecule has 1 aromatic carbocycles. The van der Waals surface area contributed by atoms with E-state index in [-0.39, 0.29) is 0 Å². The molecule has 0 fully saturated rings. The average molecular weight is 368 g/mol. The minimum absolute atomic E-state index is 0.339. The fraction of sp³-hybridized carbons (Fsp3) is 0.438. The van der Waals surface area contributed by atoms with Crippen molar-refractivity contribution < 1.29 is 0 Å². The molecule has 3 nitrogen and oxygen atoms in total. The molecule has 114 valence electrons. The lowest BCUT2D eigenvalue weighted by molar-refractivity contribution is 0.569. The van der Waals surface area contributed by atoms with Gasteiger partial charge in [0.25, 0.3) is 0 Å². The van der Waals surface area contributed by atoms with Crippen molar-refractivity contribution in [1.29, 1.82) is 0 Å². The standard InChI is InChI=1S/C16H22BrN3S/c1-4-7-18-12(2)15-6-5-13(17)8-16(15)20(3)9-14-10-21-11-19-14/h5-6,8,10-12,18H,4,7,9H2,1-3H3. The van der Waals surface area contributed by atoms with Gasteiger partial charge in [-0.15, -0.1) is 11.3 Å². The topological polar surface area (TPSA) is 28.2 Å². The Hall–Kier alpha value is -0.910. The predicted octanol–water partition coefficient (Wildman–Crippen LogP) is 4.60. The molecule has 0 saturated heterocycles. The molecule has 0 spiro atoms. The minimum atomic E-state index is 0.339. The summed E-state index contributed by atoms with van der Waals surface area (Å²) in [4.78, 5) is 6.64. The van der Waals surface area contributed by atoms with Crippen molar-refractivity contribution in [3.8, 4) is 0 Å². The fourth-order valence-corrected chi connectivity index (χ4v) is 3.23. The lowest BCUT2D eigenvalue weighted by Gasteiger charge is -2.25. The molecule has 2 rings (SSSR count). The van der Waals surface area contributed by atoms with Crippen LogP contribution in [0.1, 0.15) is 37.6 Å². The van der Waals surface area contributed by atoms with E-state index in [2.05, 4.69) is 75.6 Å². The molecule has 5 heteroatoms. The molecular weight excluding hydrogens is 346 g/mol. The zero-order valence-electron chi connectivity index (χ0n) is 12.8. The Morgan fingerprint density at radius 3 is 2.90 bits per heavy atom. The normalized spacial score (nSPS) is 12.4. The van der Waals surface area contributed by atoms with Gasteiger partial charge in [-0.2, -0.15) is 0 Å². The van der Waals surface area contributed by atoms with Gasteiger partial charge in [0.15, 0.2) is 0 Å². The first-order valence-corrected chi connectivity index (χ1v) is 8.96. The van der Waals surface area contributed by atoms with Crippen molar-refractivity contribution in [3.63, 3.8) is 0 Å². The summed E-state index contributed by atoms with van der Waals surface area (Å²) >= 11 is 5.23. The molecule has 1 aromatic heterocycles. The number of hydrogen-bond donors (Lipinski definition) is 1. The molecule has 0 saturated carbocycles. The second-order valence-corrected chi connectivity index (χ2v) is 6.85. The molecule has 1 N–H and O–H groups in total. The third kappa shape index (κ3) is 4.53. The summed E-state index contributed by atoms with van der Waals surface area (Å²) in [7, 11) is 2.12. The Balaban J connectivity index is 2.21. The molecule has 0 aliphatic carbocycles. The number of nitrogens with zero attached hydrogens (tertiary/aromatic N) is 2. The van der Waals surface area contributed by atoms with E-state index < -0.39 is 0 Å². The predicted molar refractivity (Wildman–Crippen MR) is 95.1 cm³/mol. The Morgan fingerprint density at radius 1 is 1.43 bits per heavy atom. The van der Waals surface area contributed by atoms with Gasteiger partial charge in [0.1, 0.15) is 0 Å². The van der Waals surface area contributed by atoms with E-state index in [1.165, 1.54) is 11.3 Å². The maximum absolute atomic E-state index is 4.38. The highest BCUT2D eigenvalue weighted by atomic mass is 79.9. The van der Waals surface area contributed by atoms with Crippen molar-refractivity contribution in [2.45, 2.75) is 32.9 Å². The number of anilines is 1. The molecule has 1 atom stereocenters. The highest BCUT2D eigenvalue weighted by molar-refractivity contribution is 9.10. The number of hydrogen-bond acceptors (Lipinski definition) is 4. The van der Waals surface area contributed by atoms with Gasteiger partial charge < -0.3 is 10.2 Å². The maximum atomic E-state index is 4.38. The molecule has 21 heavy (non-hydrogen) atoms. The van der Waals surface area contributed by atoms with Crippen LogP contribution in [0.3, 0.4) is 0 Å². The molecule has 0 aliphatic rings. The lowest BCUT2D eigenvalue weighted by Crippen LogP contribution is -2.24. The van der Waals surface area contributed by atoms with Gasteiger partial charge in [-0.3, -0.25) is 0 Å². The van der Waals surface area contributed by atoms with Crippen LogP contribution >= 0.6 is 27.3 Å². The van der Waals surface area contributed by atoms with Crippen LogP contribution < -0.4 is 10.2 Å². The maximum Gasteiger partial charge on any atom is 0.0795 e. The zero-order valence-corrected chi connectivity index (χ0v) is 15.2. The average Bonchev–Trinajstić information content (AvgIpc) is 2.97. The van der Waals surface area contributed by atoms with Crippen LogP contribution in [0.4, 0.5) is 5.69 Å². The van der Waals surface area contributed by atoms with Gasteiger partial charge in [-0.25, -0.2) is 4.98 Å². The van der Waals surface area contributed by atoms with Crippen LogP contribution in [-0.4, -0.2) is 18.6 Å². The summed E-state index contributed by atoms with van der Waals surface area (Å²) in [6.45, 7) is 6.27. The first-order valence-electron chi connectivity index (χ1n) is 7.22. The van der Waals surface area contributed by atoms with Gasteiger partial charge in [-0.05, 0) is 37.6 Å². The number of benzene rings is 1. The first-order chi connectivity index (χ1) is 10.1. The van der Waals surface area contributed by atoms with E-state index in [9.17, 15) is 0 Å². The quantitative estimate of drug-likeness (QED) is 0.774. The van der Waals surface area contributed by atoms with E-state index in [4.69, 9.17) is 0 Å². The van der Waals surface area contributed by atoms with Gasteiger partial charge in [0.05, 0.1) is 17.7 Å². The van der Waals surface area contributed by atoms with Gasteiger partial charge >= 0.3 is 0 Å². The largest absolute Gasteiger partial charge is 0.368 e. The summed E-state index contributed by atoms with van der Waals surface area (Å²) in [6, 6.07) is 6.83. The number of rotatable bonds is 7. The molecule has 0 amide bonds. The van der Waals surface area contributed by atoms with Crippen LogP contribution in [0.25, 0.3) is 0 Å². The second-order valence-electron chi connectivity index (χ2n) is 5.21. The van der Waals surface area contributed by atoms with Gasteiger partial charge in [0, 0.05) is 28.6 Å². The summed E-state index contributed by atoms with van der Waals surface area (Å²) in [5.74, 6) is 0. The van der Waals surface area contributed by atoms with Crippen LogP contribution in [-0.2, 0) is 6.54 Å². The van der Waals surface area contributed by atoms with E-state index in [0.29, 0.717) is 6.04 Å². The number of aromatic nitrogens is 1. The number of halogens is 1. The Labute approximate surface area is 139 Å². The van der Waals surface area contributed by atoms with Crippen molar-refractivity contribution >= 4 is 33.0 Å². The highest BCUT2D eigenvalue weighted by Gasteiger charge is 2.14. The van der Waals surface area contributed by atoms with Crippen molar-refractivity contribution in [2.75, 3.05) is 18.5 Å². The van der Waals surface area contributed by atoms with Crippen molar-refractivity contribution in [2.24, 2.45) is 0 Å². The van der Waals surface area contributed by atoms with E-state index in [0.717, 1.165) is 29.7 Å². The van der Waals surface area contributed by atoms with Crippen molar-refractivity contribution in [3.05, 3.63) is 44.8 Å². The number of nitrogens with one attached hydrogen (secondary N) is 1.